The van der Waals surface area contributed by atoms with Crippen molar-refractivity contribution in [3.63, 3.8) is 0 Å². The van der Waals surface area contributed by atoms with Crippen molar-refractivity contribution < 1.29 is 4.79 Å². The third-order valence-electron chi connectivity index (χ3n) is 2.99. The predicted molar refractivity (Wildman–Crippen MR) is 53.3 cm³/mol. The van der Waals surface area contributed by atoms with Gasteiger partial charge in [-0.3, -0.25) is 9.69 Å². The molecule has 0 aromatic heterocycles. The molecule has 0 aromatic carbocycles. The van der Waals surface area contributed by atoms with Crippen LogP contribution in [0.4, 0.5) is 0 Å². The van der Waals surface area contributed by atoms with E-state index >= 15 is 0 Å². The molecule has 2 N–H and O–H groups in total. The van der Waals surface area contributed by atoms with Gasteiger partial charge >= 0.3 is 0 Å². The highest BCUT2D eigenvalue weighted by atomic mass is 16.1. The van der Waals surface area contributed by atoms with Crippen LogP contribution in [0.25, 0.3) is 0 Å². The summed E-state index contributed by atoms with van der Waals surface area (Å²) in [4.78, 5) is 13.0. The SMILES string of the molecule is C[C@@H]1CCC[C@H](C)N1CCC(N)=O. The lowest BCUT2D eigenvalue weighted by Gasteiger charge is -2.38. The first-order valence-corrected chi connectivity index (χ1v) is 5.15. The third kappa shape index (κ3) is 2.99. The largest absolute Gasteiger partial charge is 0.370 e. The molecule has 3 heteroatoms. The Kier molecular flexibility index (Phi) is 3.72. The Morgan fingerprint density at radius 3 is 2.38 bits per heavy atom. The van der Waals surface area contributed by atoms with Crippen LogP contribution < -0.4 is 5.73 Å². The summed E-state index contributed by atoms with van der Waals surface area (Å²) in [7, 11) is 0. The lowest BCUT2D eigenvalue weighted by Crippen LogP contribution is -2.44. The highest BCUT2D eigenvalue weighted by Gasteiger charge is 2.24. The van der Waals surface area contributed by atoms with E-state index in [4.69, 9.17) is 5.73 Å². The molecule has 13 heavy (non-hydrogen) atoms. The smallest absolute Gasteiger partial charge is 0.218 e. The Bertz CT molecular complexity index is 172. The molecule has 2 atom stereocenters. The number of nitrogens with zero attached hydrogens (tertiary/aromatic N) is 1. The monoisotopic (exact) mass is 184 g/mol. The van der Waals surface area contributed by atoms with Gasteiger partial charge in [-0.15, -0.1) is 0 Å². The van der Waals surface area contributed by atoms with Crippen LogP contribution in [0.1, 0.15) is 39.5 Å². The lowest BCUT2D eigenvalue weighted by atomic mass is 9.97. The van der Waals surface area contributed by atoms with Crippen molar-refractivity contribution in [3.05, 3.63) is 0 Å². The summed E-state index contributed by atoms with van der Waals surface area (Å²) in [5.41, 5.74) is 5.13. The van der Waals surface area contributed by atoms with E-state index in [2.05, 4.69) is 18.7 Å². The number of primary amides is 1. The molecular formula is C10H20N2O. The minimum atomic E-state index is -0.190. The van der Waals surface area contributed by atoms with Crippen LogP contribution in [-0.4, -0.2) is 29.4 Å². The van der Waals surface area contributed by atoms with Crippen LogP contribution in [0.2, 0.25) is 0 Å². The van der Waals surface area contributed by atoms with Crippen molar-refractivity contribution in [2.24, 2.45) is 5.73 Å². The predicted octanol–water partition coefficient (Wildman–Crippen LogP) is 1.12. The van der Waals surface area contributed by atoms with Crippen LogP contribution in [0.3, 0.4) is 0 Å². The molecule has 1 heterocycles. The number of likely N-dealkylation sites (tertiary alicyclic amines) is 1. The quantitative estimate of drug-likeness (QED) is 0.714. The molecule has 1 amide bonds. The van der Waals surface area contributed by atoms with E-state index in [1.54, 1.807) is 0 Å². The zero-order valence-electron chi connectivity index (χ0n) is 8.62. The van der Waals surface area contributed by atoms with Crippen molar-refractivity contribution in [3.8, 4) is 0 Å². The zero-order chi connectivity index (χ0) is 9.84. The molecule has 0 spiro atoms. The average molecular weight is 184 g/mol. The van der Waals surface area contributed by atoms with E-state index in [0.29, 0.717) is 18.5 Å². The molecule has 1 saturated heterocycles. The van der Waals surface area contributed by atoms with Crippen molar-refractivity contribution in [2.75, 3.05) is 6.54 Å². The lowest BCUT2D eigenvalue weighted by molar-refractivity contribution is -0.118. The molecule has 1 fully saturated rings. The Hall–Kier alpha value is -0.570. The molecule has 1 rings (SSSR count). The molecule has 3 nitrogen and oxygen atoms in total. The number of hydrogen-bond donors (Lipinski definition) is 1. The minimum absolute atomic E-state index is 0.190. The highest BCUT2D eigenvalue weighted by molar-refractivity contribution is 5.73. The Morgan fingerprint density at radius 2 is 1.92 bits per heavy atom. The molecule has 1 aliphatic rings. The fourth-order valence-electron chi connectivity index (χ4n) is 2.15. The van der Waals surface area contributed by atoms with Crippen LogP contribution >= 0.6 is 0 Å². The second-order valence-corrected chi connectivity index (χ2v) is 4.08. The van der Waals surface area contributed by atoms with Crippen LogP contribution in [0.5, 0.6) is 0 Å². The first kappa shape index (κ1) is 10.5. The standard InChI is InChI=1S/C10H20N2O/c1-8-4-3-5-9(2)12(8)7-6-10(11)13/h8-9H,3-7H2,1-2H3,(H2,11,13)/t8-,9+. The van der Waals surface area contributed by atoms with Gasteiger partial charge in [0.15, 0.2) is 0 Å². The molecule has 0 radical (unpaired) electrons. The maximum atomic E-state index is 10.7. The second kappa shape index (κ2) is 4.61. The summed E-state index contributed by atoms with van der Waals surface area (Å²) < 4.78 is 0. The van der Waals surface area contributed by atoms with Gasteiger partial charge < -0.3 is 5.73 Å². The average Bonchev–Trinajstić information content (AvgIpc) is 2.03. The number of hydrogen-bond acceptors (Lipinski definition) is 2. The molecule has 0 aromatic rings. The molecular weight excluding hydrogens is 164 g/mol. The van der Waals surface area contributed by atoms with Gasteiger partial charge in [0, 0.05) is 25.0 Å². The summed E-state index contributed by atoms with van der Waals surface area (Å²) in [6.45, 7) is 5.30. The maximum absolute atomic E-state index is 10.7. The van der Waals surface area contributed by atoms with Crippen molar-refractivity contribution >= 4 is 5.91 Å². The molecule has 0 bridgehead atoms. The van der Waals surface area contributed by atoms with Crippen LogP contribution in [0, 0.1) is 0 Å². The van der Waals surface area contributed by atoms with Gasteiger partial charge in [-0.2, -0.15) is 0 Å². The van der Waals surface area contributed by atoms with Crippen LogP contribution in [-0.2, 0) is 4.79 Å². The third-order valence-corrected chi connectivity index (χ3v) is 2.99. The van der Waals surface area contributed by atoms with Crippen molar-refractivity contribution in [1.82, 2.24) is 4.90 Å². The van der Waals surface area contributed by atoms with Crippen LogP contribution in [0.15, 0.2) is 0 Å². The van der Waals surface area contributed by atoms with Gasteiger partial charge in [-0.05, 0) is 26.7 Å². The van der Waals surface area contributed by atoms with E-state index in [1.807, 2.05) is 0 Å². The van der Waals surface area contributed by atoms with E-state index < -0.39 is 0 Å². The molecule has 0 aliphatic carbocycles. The minimum Gasteiger partial charge on any atom is -0.370 e. The second-order valence-electron chi connectivity index (χ2n) is 4.08. The topological polar surface area (TPSA) is 46.3 Å². The molecule has 0 unspecified atom stereocenters. The highest BCUT2D eigenvalue weighted by Crippen LogP contribution is 2.22. The number of carbonyl (C=O) groups excluding carboxylic acids is 1. The Morgan fingerprint density at radius 1 is 1.38 bits per heavy atom. The number of rotatable bonds is 3. The molecule has 1 aliphatic heterocycles. The van der Waals surface area contributed by atoms with Crippen molar-refractivity contribution in [2.45, 2.75) is 51.6 Å². The summed E-state index contributed by atoms with van der Waals surface area (Å²) in [5.74, 6) is -0.190. The number of carbonyl (C=O) groups is 1. The normalized spacial score (nSPS) is 30.3. The summed E-state index contributed by atoms with van der Waals surface area (Å²) in [5, 5.41) is 0. The Balaban J connectivity index is 2.39. The summed E-state index contributed by atoms with van der Waals surface area (Å²) >= 11 is 0. The van der Waals surface area contributed by atoms with Gasteiger partial charge in [-0.1, -0.05) is 6.42 Å². The fraction of sp³-hybridized carbons (Fsp3) is 0.900. The van der Waals surface area contributed by atoms with E-state index in [1.165, 1.54) is 19.3 Å². The van der Waals surface area contributed by atoms with Gasteiger partial charge in [0.25, 0.3) is 0 Å². The van der Waals surface area contributed by atoms with E-state index in [-0.39, 0.29) is 5.91 Å². The molecule has 0 saturated carbocycles. The van der Waals surface area contributed by atoms with E-state index in [9.17, 15) is 4.79 Å². The van der Waals surface area contributed by atoms with Crippen molar-refractivity contribution in [1.29, 1.82) is 0 Å². The summed E-state index contributed by atoms with van der Waals surface area (Å²) in [6, 6.07) is 1.23. The zero-order valence-corrected chi connectivity index (χ0v) is 8.62. The van der Waals surface area contributed by atoms with Gasteiger partial charge in [0.05, 0.1) is 0 Å². The number of amides is 1. The fourth-order valence-corrected chi connectivity index (χ4v) is 2.15. The summed E-state index contributed by atoms with van der Waals surface area (Å²) in [6.07, 6.45) is 4.32. The number of piperidine rings is 1. The van der Waals surface area contributed by atoms with Gasteiger partial charge in [0.2, 0.25) is 5.91 Å². The molecule has 76 valence electrons. The maximum Gasteiger partial charge on any atom is 0.218 e. The first-order chi connectivity index (χ1) is 6.11. The van der Waals surface area contributed by atoms with Gasteiger partial charge in [-0.25, -0.2) is 0 Å². The van der Waals surface area contributed by atoms with Gasteiger partial charge in [0.1, 0.15) is 0 Å². The first-order valence-electron chi connectivity index (χ1n) is 5.15. The number of nitrogens with two attached hydrogens (primary N) is 1. The van der Waals surface area contributed by atoms with E-state index in [0.717, 1.165) is 6.54 Å². The Labute approximate surface area is 80.3 Å².